The molecule has 0 amide bonds. The van der Waals surface area contributed by atoms with Gasteiger partial charge in [0.15, 0.2) is 28.2 Å². The summed E-state index contributed by atoms with van der Waals surface area (Å²) in [7, 11) is -6.25. The molecular formula is C41H40F3N7O11S. The monoisotopic (exact) mass is 895 g/mol. The van der Waals surface area contributed by atoms with Gasteiger partial charge >= 0.3 is 38.7 Å². The van der Waals surface area contributed by atoms with Gasteiger partial charge in [-0.05, 0) is 37.8 Å². The van der Waals surface area contributed by atoms with Crippen LogP contribution in [0.2, 0.25) is 0 Å². The van der Waals surface area contributed by atoms with E-state index in [2.05, 4.69) is 29.4 Å². The zero-order valence-electron chi connectivity index (χ0n) is 33.7. The second-order valence-corrected chi connectivity index (χ2v) is 15.1. The van der Waals surface area contributed by atoms with Gasteiger partial charge in [-0.3, -0.25) is 9.59 Å². The molecule has 0 saturated heterocycles. The van der Waals surface area contributed by atoms with Crippen molar-refractivity contribution in [1.82, 2.24) is 29.4 Å². The van der Waals surface area contributed by atoms with Gasteiger partial charge in [0.25, 0.3) is 0 Å². The number of nitrogens with one attached hydrogen (secondary N) is 1. The minimum Gasteiger partial charge on any atom is -0.462 e. The molecule has 0 atom stereocenters. The molecule has 7 rings (SSSR count). The first-order valence-corrected chi connectivity index (χ1v) is 20.9. The van der Waals surface area contributed by atoms with E-state index in [1.54, 1.807) is 43.5 Å². The zero-order chi connectivity index (χ0) is 45.1. The maximum absolute atomic E-state index is 13.4. The number of rotatable bonds is 14. The Morgan fingerprint density at radius 2 is 1.21 bits per heavy atom. The number of hydrogen-bond acceptors (Lipinski definition) is 16. The number of nitrogens with zero attached hydrogens (tertiary/aromatic N) is 6. The van der Waals surface area contributed by atoms with E-state index in [9.17, 15) is 40.8 Å². The van der Waals surface area contributed by atoms with Crippen LogP contribution in [0.15, 0.2) is 95.3 Å². The second kappa shape index (κ2) is 20.2. The number of halogens is 3. The quantitative estimate of drug-likeness (QED) is 0.0847. The number of carbonyl (C=O) groups is 2. The van der Waals surface area contributed by atoms with Gasteiger partial charge in [-0.25, -0.2) is 29.5 Å². The normalized spacial score (nSPS) is 13.1. The Morgan fingerprint density at radius 3 is 1.71 bits per heavy atom. The lowest BCUT2D eigenvalue weighted by Gasteiger charge is -2.26. The van der Waals surface area contributed by atoms with Crippen LogP contribution in [0.4, 0.5) is 18.9 Å². The lowest BCUT2D eigenvalue weighted by atomic mass is 9.95. The van der Waals surface area contributed by atoms with E-state index in [4.69, 9.17) is 19.1 Å². The first-order chi connectivity index (χ1) is 30.3. The Labute approximate surface area is 356 Å². The van der Waals surface area contributed by atoms with Gasteiger partial charge < -0.3 is 28.6 Å². The van der Waals surface area contributed by atoms with E-state index in [0.717, 1.165) is 48.5 Å². The molecule has 6 aromatic rings. The summed E-state index contributed by atoms with van der Waals surface area (Å²) in [6, 6.07) is 18.1. The van der Waals surface area contributed by atoms with Crippen LogP contribution in [0.1, 0.15) is 77.8 Å². The van der Waals surface area contributed by atoms with Crippen molar-refractivity contribution in [2.24, 2.45) is 0 Å². The average Bonchev–Trinajstić information content (AvgIpc) is 3.27. The van der Waals surface area contributed by atoms with Crippen LogP contribution in [0.5, 0.6) is 5.75 Å². The molecule has 1 fully saturated rings. The molecule has 1 aliphatic carbocycles. The Morgan fingerprint density at radius 1 is 0.730 bits per heavy atom. The molecule has 18 nitrogen and oxygen atoms in total. The Balaban J connectivity index is 0.000000210. The van der Waals surface area contributed by atoms with Crippen LogP contribution in [0.3, 0.4) is 0 Å². The van der Waals surface area contributed by atoms with E-state index < -0.39 is 61.0 Å². The van der Waals surface area contributed by atoms with Crippen molar-refractivity contribution < 1.29 is 54.5 Å². The minimum absolute atomic E-state index is 0.0808. The van der Waals surface area contributed by atoms with Crippen LogP contribution in [-0.4, -0.2) is 74.5 Å². The largest absolute Gasteiger partial charge is 0.534 e. The first-order valence-electron chi connectivity index (χ1n) is 19.5. The second-order valence-electron chi connectivity index (χ2n) is 13.6. The van der Waals surface area contributed by atoms with Gasteiger partial charge in [-0.15, -0.1) is 9.46 Å². The molecule has 332 valence electrons. The van der Waals surface area contributed by atoms with Crippen LogP contribution in [0.25, 0.3) is 22.1 Å². The minimum atomic E-state index is -6.25. The SMILES string of the molecule is CCOC(=O)c1c(NC2CCCCC2)c2cncnc2n(OCc2ccccc2)c1=O.CCOC(=O)c1c(OS(=O)(=O)C(F)(F)F)c2cncnc2n(OCc2ccccc2)c1=O. The number of hydrogen-bond donors (Lipinski definition) is 1. The number of benzene rings is 2. The highest BCUT2D eigenvalue weighted by Crippen LogP contribution is 2.33. The Bertz CT molecular complexity index is 2800. The number of alkyl halides is 3. The van der Waals surface area contributed by atoms with Gasteiger partial charge in [0, 0.05) is 18.4 Å². The van der Waals surface area contributed by atoms with Gasteiger partial charge in [-0.2, -0.15) is 21.6 Å². The van der Waals surface area contributed by atoms with Crippen LogP contribution >= 0.6 is 0 Å². The molecule has 0 spiro atoms. The number of esters is 2. The predicted molar refractivity (Wildman–Crippen MR) is 219 cm³/mol. The van der Waals surface area contributed by atoms with Crippen LogP contribution in [0, 0.1) is 0 Å². The molecule has 63 heavy (non-hydrogen) atoms. The molecule has 0 radical (unpaired) electrons. The summed E-state index contributed by atoms with van der Waals surface area (Å²) >= 11 is 0. The lowest BCUT2D eigenvalue weighted by molar-refractivity contribution is -0.0500. The number of fused-ring (bicyclic) bond motifs is 2. The lowest BCUT2D eigenvalue weighted by Crippen LogP contribution is -2.35. The molecule has 0 aliphatic heterocycles. The highest BCUT2D eigenvalue weighted by atomic mass is 32.2. The highest BCUT2D eigenvalue weighted by molar-refractivity contribution is 7.88. The molecule has 2 aromatic carbocycles. The molecule has 4 aromatic heterocycles. The molecule has 22 heteroatoms. The average molecular weight is 896 g/mol. The van der Waals surface area contributed by atoms with E-state index in [0.29, 0.717) is 27.0 Å². The topological polar surface area (TPSA) is 222 Å². The number of ether oxygens (including phenoxy) is 2. The molecule has 4 heterocycles. The van der Waals surface area contributed by atoms with Crippen molar-refractivity contribution in [3.63, 3.8) is 0 Å². The molecule has 0 unspecified atom stereocenters. The van der Waals surface area contributed by atoms with Gasteiger partial charge in [0.05, 0.1) is 29.7 Å². The fourth-order valence-electron chi connectivity index (χ4n) is 6.46. The maximum atomic E-state index is 13.4. The fraction of sp³-hybridized carbons (Fsp3) is 0.317. The predicted octanol–water partition coefficient (Wildman–Crippen LogP) is 5.17. The Hall–Kier alpha value is -7.10. The summed E-state index contributed by atoms with van der Waals surface area (Å²) in [5.41, 5.74) is -7.18. The van der Waals surface area contributed by atoms with E-state index in [1.807, 2.05) is 30.3 Å². The van der Waals surface area contributed by atoms with Crippen LogP contribution in [-0.2, 0) is 32.8 Å². The van der Waals surface area contributed by atoms with Crippen LogP contribution < -0.4 is 30.3 Å². The summed E-state index contributed by atoms with van der Waals surface area (Å²) in [4.78, 5) is 78.7. The molecule has 1 aliphatic rings. The molecule has 1 N–H and O–H groups in total. The van der Waals surface area contributed by atoms with Crippen molar-refractivity contribution in [3.8, 4) is 5.75 Å². The highest BCUT2D eigenvalue weighted by Gasteiger charge is 2.49. The smallest absolute Gasteiger partial charge is 0.462 e. The number of anilines is 1. The summed E-state index contributed by atoms with van der Waals surface area (Å²) < 4.78 is 77.7. The van der Waals surface area contributed by atoms with Crippen molar-refractivity contribution in [2.75, 3.05) is 18.5 Å². The number of pyridine rings is 2. The Kier molecular flexibility index (Phi) is 14.6. The molecule has 0 bridgehead atoms. The van der Waals surface area contributed by atoms with Crippen molar-refractivity contribution in [1.29, 1.82) is 0 Å². The maximum Gasteiger partial charge on any atom is 0.534 e. The van der Waals surface area contributed by atoms with Crippen molar-refractivity contribution in [2.45, 2.75) is 70.7 Å². The van der Waals surface area contributed by atoms with E-state index in [-0.39, 0.29) is 38.0 Å². The number of carbonyl (C=O) groups excluding carboxylic acids is 2. The molecule has 1 saturated carbocycles. The first kappa shape index (κ1) is 45.4. The standard InChI is InChI=1S/C23H26N4O4.C18H14F3N3O7S/c1-2-30-23(29)19-20(26-17-11-7-4-8-12-17)18-13-24-15-25-21(18)27(22(19)28)31-14-16-9-5-3-6-10-16;1-2-29-17(26)13-14(31-32(27,28)18(19,20)21)12-8-22-10-23-15(12)24(16(13)25)30-9-11-6-4-3-5-7-11/h3,5-6,9-10,13,15,17,26H,2,4,7-8,11-12,14H2,1H3;3-8,10H,2,9H2,1H3. The van der Waals surface area contributed by atoms with Gasteiger partial charge in [-0.1, -0.05) is 79.9 Å². The van der Waals surface area contributed by atoms with Gasteiger partial charge in [0.1, 0.15) is 25.9 Å². The third-order valence-corrected chi connectivity index (χ3v) is 10.3. The van der Waals surface area contributed by atoms with Crippen molar-refractivity contribution >= 4 is 49.8 Å². The summed E-state index contributed by atoms with van der Waals surface area (Å²) in [6.07, 6.45) is 10.1. The molecular weight excluding hydrogens is 856 g/mol. The van der Waals surface area contributed by atoms with E-state index >= 15 is 0 Å². The summed E-state index contributed by atoms with van der Waals surface area (Å²) in [6.45, 7) is 2.94. The zero-order valence-corrected chi connectivity index (χ0v) is 34.6. The summed E-state index contributed by atoms with van der Waals surface area (Å²) in [5, 5.41) is 3.47. The van der Waals surface area contributed by atoms with Crippen molar-refractivity contribution in [3.05, 3.63) is 129 Å². The summed E-state index contributed by atoms with van der Waals surface area (Å²) in [5.74, 6) is -3.33. The third-order valence-electron chi connectivity index (χ3n) is 9.35. The third kappa shape index (κ3) is 10.5. The number of aromatic nitrogens is 6. The van der Waals surface area contributed by atoms with Gasteiger partial charge in [0.2, 0.25) is 0 Å². The fourth-order valence-corrected chi connectivity index (χ4v) is 6.95. The van der Waals surface area contributed by atoms with E-state index in [1.165, 1.54) is 19.7 Å².